The second-order valence-electron chi connectivity index (χ2n) is 3.26. The average Bonchev–Trinajstić information content (AvgIpc) is 1.93. The van der Waals surface area contributed by atoms with Crippen molar-refractivity contribution in [3.05, 3.63) is 0 Å². The van der Waals surface area contributed by atoms with Crippen LogP contribution in [0.1, 0.15) is 32.6 Å². The van der Waals surface area contributed by atoms with Gasteiger partial charge in [0.05, 0.1) is 12.0 Å². The van der Waals surface area contributed by atoms with E-state index < -0.39 is 20.0 Å². The molecule has 0 aliphatic carbocycles. The molecule has 0 aromatic carbocycles. The zero-order valence-corrected chi connectivity index (χ0v) is 10.8. The lowest BCUT2D eigenvalue weighted by molar-refractivity contribution is 0.590. The normalized spacial score (nSPS) is 11.7. The third-order valence-corrected chi connectivity index (χ3v) is 2.14. The van der Waals surface area contributed by atoms with E-state index in [0.29, 0.717) is 6.42 Å². The highest BCUT2D eigenvalue weighted by Gasteiger charge is 1.99. The lowest BCUT2D eigenvalue weighted by Crippen LogP contribution is -2.16. The first-order valence-electron chi connectivity index (χ1n) is 4.54. The summed E-state index contributed by atoms with van der Waals surface area (Å²) in [6.07, 6.45) is 4.81. The molecule has 0 saturated heterocycles. The van der Waals surface area contributed by atoms with E-state index in [2.05, 4.69) is 12.1 Å². The number of rotatable bonds is 5. The monoisotopic (exact) mass is 260 g/mol. The maximum absolute atomic E-state index is 10.4. The maximum Gasteiger partial charge on any atom is 0.209 e. The lowest BCUT2D eigenvalue weighted by Gasteiger charge is -1.96. The standard InChI is InChI=1S/C6H15NO2S.CH5NO2S/c1-2-3-4-5-6-10(7,8)9;1-5(2,3)4/h2-6H2,1H3,(H2,7,8,9);1H3,(H2,2,3,4). The van der Waals surface area contributed by atoms with Crippen molar-refractivity contribution in [3.8, 4) is 0 Å². The first-order chi connectivity index (χ1) is 6.56. The molecule has 94 valence electrons. The minimum atomic E-state index is -3.20. The van der Waals surface area contributed by atoms with Crippen LogP contribution in [0.4, 0.5) is 0 Å². The molecule has 0 saturated carbocycles. The maximum atomic E-state index is 10.4. The van der Waals surface area contributed by atoms with Gasteiger partial charge in [0.15, 0.2) is 0 Å². The van der Waals surface area contributed by atoms with Crippen molar-refractivity contribution >= 4 is 20.0 Å². The molecule has 0 fully saturated rings. The van der Waals surface area contributed by atoms with Gasteiger partial charge in [-0.15, -0.1) is 0 Å². The molecule has 0 heterocycles. The van der Waals surface area contributed by atoms with Gasteiger partial charge < -0.3 is 0 Å². The summed E-state index contributed by atoms with van der Waals surface area (Å²) >= 11 is 0. The van der Waals surface area contributed by atoms with Crippen LogP contribution < -0.4 is 10.3 Å². The van der Waals surface area contributed by atoms with Gasteiger partial charge in [0.1, 0.15) is 0 Å². The van der Waals surface area contributed by atoms with Crippen molar-refractivity contribution in [3.63, 3.8) is 0 Å². The molecule has 0 atom stereocenters. The Hall–Kier alpha value is -0.180. The molecule has 0 unspecified atom stereocenters. The van der Waals surface area contributed by atoms with Crippen LogP contribution in [0.5, 0.6) is 0 Å². The van der Waals surface area contributed by atoms with Gasteiger partial charge in [0.25, 0.3) is 0 Å². The van der Waals surface area contributed by atoms with Crippen LogP contribution in [0.2, 0.25) is 0 Å². The molecule has 15 heavy (non-hydrogen) atoms. The summed E-state index contributed by atoms with van der Waals surface area (Å²) in [6, 6.07) is 0. The van der Waals surface area contributed by atoms with E-state index in [4.69, 9.17) is 5.14 Å². The Bertz CT molecular complexity index is 326. The fraction of sp³-hybridized carbons (Fsp3) is 1.00. The average molecular weight is 260 g/mol. The van der Waals surface area contributed by atoms with Crippen LogP contribution >= 0.6 is 0 Å². The molecule has 4 N–H and O–H groups in total. The smallest absolute Gasteiger partial charge is 0.209 e. The summed E-state index contributed by atoms with van der Waals surface area (Å²) in [5, 5.41) is 9.12. The Morgan fingerprint density at radius 2 is 1.33 bits per heavy atom. The van der Waals surface area contributed by atoms with Crippen molar-refractivity contribution < 1.29 is 16.8 Å². The Morgan fingerprint density at radius 1 is 0.933 bits per heavy atom. The molecular formula is C7H20N2O4S2. The summed E-state index contributed by atoms with van der Waals surface area (Å²) in [4.78, 5) is 0. The third-order valence-electron chi connectivity index (χ3n) is 1.28. The minimum Gasteiger partial charge on any atom is -0.229 e. The second kappa shape index (κ2) is 8.03. The number of hydrogen-bond donors (Lipinski definition) is 2. The molecule has 0 aromatic rings. The van der Waals surface area contributed by atoms with Crippen molar-refractivity contribution in [1.29, 1.82) is 0 Å². The molecule has 0 aliphatic rings. The zero-order chi connectivity index (χ0) is 12.5. The summed E-state index contributed by atoms with van der Waals surface area (Å²) < 4.78 is 39.6. The Labute approximate surface area is 92.1 Å². The van der Waals surface area contributed by atoms with Gasteiger partial charge in [0, 0.05) is 0 Å². The molecule has 6 nitrogen and oxygen atoms in total. The van der Waals surface area contributed by atoms with Crippen LogP contribution in [0.15, 0.2) is 0 Å². The number of sulfonamides is 2. The van der Waals surface area contributed by atoms with E-state index in [-0.39, 0.29) is 5.75 Å². The lowest BCUT2D eigenvalue weighted by atomic mass is 10.2. The third kappa shape index (κ3) is 41.5. The fourth-order valence-electron chi connectivity index (χ4n) is 0.730. The summed E-state index contributed by atoms with van der Waals surface area (Å²) in [5.74, 6) is 0.132. The van der Waals surface area contributed by atoms with E-state index >= 15 is 0 Å². The minimum absolute atomic E-state index is 0.132. The summed E-state index contributed by atoms with van der Waals surface area (Å²) in [6.45, 7) is 2.08. The number of hydrogen-bond acceptors (Lipinski definition) is 4. The van der Waals surface area contributed by atoms with Gasteiger partial charge in [-0.05, 0) is 6.42 Å². The molecule has 0 rings (SSSR count). The highest BCUT2D eigenvalue weighted by Crippen LogP contribution is 1.99. The van der Waals surface area contributed by atoms with E-state index in [0.717, 1.165) is 25.5 Å². The summed E-state index contributed by atoms with van der Waals surface area (Å²) in [5.41, 5.74) is 0. The van der Waals surface area contributed by atoms with Gasteiger partial charge in [-0.25, -0.2) is 27.1 Å². The number of unbranched alkanes of at least 4 members (excludes halogenated alkanes) is 3. The van der Waals surface area contributed by atoms with Gasteiger partial charge in [-0.1, -0.05) is 26.2 Å². The zero-order valence-electron chi connectivity index (χ0n) is 9.14. The van der Waals surface area contributed by atoms with E-state index in [9.17, 15) is 16.8 Å². The first kappa shape index (κ1) is 17.2. The van der Waals surface area contributed by atoms with Crippen LogP contribution in [0, 0.1) is 0 Å². The van der Waals surface area contributed by atoms with Crippen molar-refractivity contribution in [2.75, 3.05) is 12.0 Å². The molecule has 0 radical (unpaired) electrons. The fourth-order valence-corrected chi connectivity index (χ4v) is 1.34. The molecule has 8 heteroatoms. The van der Waals surface area contributed by atoms with Crippen LogP contribution in [0.3, 0.4) is 0 Å². The highest BCUT2D eigenvalue weighted by atomic mass is 32.2. The Kier molecular flexibility index (Phi) is 9.22. The van der Waals surface area contributed by atoms with Crippen LogP contribution in [-0.4, -0.2) is 28.8 Å². The molecule has 0 amide bonds. The summed E-state index contributed by atoms with van der Waals surface area (Å²) in [7, 11) is -6.37. The molecule has 0 bridgehead atoms. The molecule has 0 aromatic heterocycles. The van der Waals surface area contributed by atoms with E-state index in [1.807, 2.05) is 0 Å². The van der Waals surface area contributed by atoms with Gasteiger partial charge in [-0.2, -0.15) is 0 Å². The van der Waals surface area contributed by atoms with Gasteiger partial charge >= 0.3 is 0 Å². The van der Waals surface area contributed by atoms with Crippen molar-refractivity contribution in [1.82, 2.24) is 0 Å². The molecular weight excluding hydrogens is 240 g/mol. The highest BCUT2D eigenvalue weighted by molar-refractivity contribution is 7.89. The number of primary sulfonamides is 2. The number of nitrogens with two attached hydrogens (primary N) is 2. The predicted octanol–water partition coefficient (Wildman–Crippen LogP) is -0.240. The van der Waals surface area contributed by atoms with Crippen LogP contribution in [-0.2, 0) is 20.0 Å². The second-order valence-corrected chi connectivity index (χ2v) is 6.65. The predicted molar refractivity (Wildman–Crippen MR) is 61.1 cm³/mol. The van der Waals surface area contributed by atoms with Gasteiger partial charge in [-0.3, -0.25) is 0 Å². The quantitative estimate of drug-likeness (QED) is 0.662. The Balaban J connectivity index is 0. The van der Waals surface area contributed by atoms with E-state index in [1.54, 1.807) is 0 Å². The van der Waals surface area contributed by atoms with E-state index in [1.165, 1.54) is 0 Å². The Morgan fingerprint density at radius 3 is 1.60 bits per heavy atom. The van der Waals surface area contributed by atoms with Crippen molar-refractivity contribution in [2.24, 2.45) is 10.3 Å². The molecule has 0 aliphatic heterocycles. The van der Waals surface area contributed by atoms with Crippen molar-refractivity contribution in [2.45, 2.75) is 32.6 Å². The first-order valence-corrected chi connectivity index (χ1v) is 8.21. The largest absolute Gasteiger partial charge is 0.229 e. The van der Waals surface area contributed by atoms with Crippen LogP contribution in [0.25, 0.3) is 0 Å². The molecule has 0 spiro atoms. The van der Waals surface area contributed by atoms with Gasteiger partial charge in [0.2, 0.25) is 20.0 Å². The SMILES string of the molecule is CCCCCCS(N)(=O)=O.CS(N)(=O)=O. The topological polar surface area (TPSA) is 120 Å².